The molecule has 2 aromatic carbocycles. The molecule has 0 spiro atoms. The van der Waals surface area contributed by atoms with Gasteiger partial charge in [-0.05, 0) is 23.8 Å². The minimum atomic E-state index is -0.570. The van der Waals surface area contributed by atoms with E-state index in [4.69, 9.17) is 17.3 Å². The Bertz CT molecular complexity index is 1070. The van der Waals surface area contributed by atoms with Gasteiger partial charge in [-0.3, -0.25) is 9.59 Å². The Kier molecular flexibility index (Phi) is 6.54. The number of hydrogen-bond donors (Lipinski definition) is 3. The van der Waals surface area contributed by atoms with Crippen LogP contribution in [0.4, 0.5) is 17.2 Å². The molecule has 0 fully saturated rings. The van der Waals surface area contributed by atoms with Crippen molar-refractivity contribution in [2.45, 2.75) is 6.54 Å². The summed E-state index contributed by atoms with van der Waals surface area (Å²) in [5, 5.41) is 6.69. The first-order chi connectivity index (χ1) is 14.3. The lowest BCUT2D eigenvalue weighted by atomic mass is 10.1. The number of benzene rings is 2. The zero-order chi connectivity index (χ0) is 21.7. The molecule has 3 aromatic rings. The summed E-state index contributed by atoms with van der Waals surface area (Å²) in [5.74, 6) is -0.250. The number of rotatable bonds is 7. The lowest BCUT2D eigenvalue weighted by Crippen LogP contribution is -2.21. The van der Waals surface area contributed by atoms with Crippen molar-refractivity contribution in [3.8, 4) is 0 Å². The Labute approximate surface area is 179 Å². The van der Waals surface area contributed by atoms with Crippen molar-refractivity contribution >= 4 is 40.6 Å². The molecule has 0 aliphatic heterocycles. The van der Waals surface area contributed by atoms with Gasteiger partial charge in [0.2, 0.25) is 0 Å². The van der Waals surface area contributed by atoms with Gasteiger partial charge in [0.05, 0.1) is 21.8 Å². The number of nitrogens with two attached hydrogens (primary N) is 1. The van der Waals surface area contributed by atoms with E-state index >= 15 is 0 Å². The number of anilines is 3. The average molecular weight is 424 g/mol. The highest BCUT2D eigenvalue weighted by Gasteiger charge is 2.14. The van der Waals surface area contributed by atoms with Crippen molar-refractivity contribution in [3.63, 3.8) is 0 Å². The number of carbonyl (C=O) groups excluding carboxylic acids is 2. The largest absolute Gasteiger partial charge is 0.380 e. The summed E-state index contributed by atoms with van der Waals surface area (Å²) >= 11 is 6.27. The van der Waals surface area contributed by atoms with Crippen LogP contribution in [0.5, 0.6) is 0 Å². The normalized spacial score (nSPS) is 10.4. The van der Waals surface area contributed by atoms with Crippen LogP contribution in [-0.4, -0.2) is 35.8 Å². The molecule has 0 saturated carbocycles. The molecule has 2 amide bonds. The van der Waals surface area contributed by atoms with E-state index in [1.54, 1.807) is 38.4 Å². The summed E-state index contributed by atoms with van der Waals surface area (Å²) in [6.07, 6.45) is 1.42. The van der Waals surface area contributed by atoms with E-state index in [1.807, 2.05) is 30.3 Å². The number of carbonyl (C=O) groups is 2. The Balaban J connectivity index is 1.82. The van der Waals surface area contributed by atoms with Crippen LogP contribution in [0, 0.1) is 0 Å². The fourth-order valence-corrected chi connectivity index (χ4v) is 3.08. The van der Waals surface area contributed by atoms with Crippen molar-refractivity contribution in [2.24, 2.45) is 5.73 Å². The van der Waals surface area contributed by atoms with Crippen LogP contribution in [0.15, 0.2) is 60.8 Å². The van der Waals surface area contributed by atoms with Crippen molar-refractivity contribution < 1.29 is 9.59 Å². The Morgan fingerprint density at radius 1 is 1.07 bits per heavy atom. The van der Waals surface area contributed by atoms with Crippen LogP contribution < -0.4 is 16.4 Å². The van der Waals surface area contributed by atoms with E-state index in [0.717, 1.165) is 5.56 Å². The highest BCUT2D eigenvalue weighted by molar-refractivity contribution is 6.34. The highest BCUT2D eigenvalue weighted by Crippen LogP contribution is 2.26. The van der Waals surface area contributed by atoms with Crippen molar-refractivity contribution in [2.75, 3.05) is 24.7 Å². The molecule has 0 atom stereocenters. The van der Waals surface area contributed by atoms with Gasteiger partial charge in [-0.2, -0.15) is 0 Å². The van der Waals surface area contributed by atoms with Crippen LogP contribution in [-0.2, 0) is 6.54 Å². The fraction of sp³-hybridized carbons (Fsp3) is 0.136. The molecule has 30 heavy (non-hydrogen) atoms. The number of amides is 2. The molecule has 8 heteroatoms. The SMILES string of the molecule is CN(C)C(=O)c1ccc(Nc2cc(NCc3ccccc3)c(C(N)=O)cn2)cc1Cl. The third-order valence-electron chi connectivity index (χ3n) is 4.37. The smallest absolute Gasteiger partial charge is 0.254 e. The predicted molar refractivity (Wildman–Crippen MR) is 119 cm³/mol. The standard InChI is InChI=1S/C22H22ClN5O2/c1-28(2)22(30)16-9-8-15(10-18(16)23)27-20-11-19(17(13-26-20)21(24)29)25-12-14-6-4-3-5-7-14/h3-11,13H,12H2,1-2H3,(H2,24,29)(H2,25,26,27). The van der Waals surface area contributed by atoms with Crippen LogP contribution in [0.25, 0.3) is 0 Å². The number of nitrogens with zero attached hydrogens (tertiary/aromatic N) is 2. The predicted octanol–water partition coefficient (Wildman–Crippen LogP) is 3.89. The quantitative estimate of drug-likeness (QED) is 0.535. The minimum Gasteiger partial charge on any atom is -0.380 e. The number of primary amides is 1. The van der Waals surface area contributed by atoms with Crippen LogP contribution >= 0.6 is 11.6 Å². The number of pyridine rings is 1. The maximum absolute atomic E-state index is 12.1. The maximum atomic E-state index is 12.1. The molecule has 7 nitrogen and oxygen atoms in total. The summed E-state index contributed by atoms with van der Waals surface area (Å²) < 4.78 is 0. The molecule has 0 unspecified atom stereocenters. The van der Waals surface area contributed by atoms with Gasteiger partial charge in [0.25, 0.3) is 11.8 Å². The van der Waals surface area contributed by atoms with E-state index in [9.17, 15) is 9.59 Å². The molecule has 0 aliphatic carbocycles. The number of aromatic nitrogens is 1. The van der Waals surface area contributed by atoms with Gasteiger partial charge in [-0.25, -0.2) is 4.98 Å². The van der Waals surface area contributed by atoms with Gasteiger partial charge in [-0.15, -0.1) is 0 Å². The third kappa shape index (κ3) is 5.07. The van der Waals surface area contributed by atoms with E-state index in [2.05, 4.69) is 15.6 Å². The summed E-state index contributed by atoms with van der Waals surface area (Å²) in [7, 11) is 3.33. The molecule has 0 radical (unpaired) electrons. The molecule has 1 aromatic heterocycles. The van der Waals surface area contributed by atoms with Gasteiger partial charge >= 0.3 is 0 Å². The van der Waals surface area contributed by atoms with E-state index in [1.165, 1.54) is 11.1 Å². The Morgan fingerprint density at radius 3 is 2.43 bits per heavy atom. The van der Waals surface area contributed by atoms with Crippen LogP contribution in [0.3, 0.4) is 0 Å². The second kappa shape index (κ2) is 9.28. The van der Waals surface area contributed by atoms with Gasteiger partial charge in [0, 0.05) is 38.6 Å². The monoisotopic (exact) mass is 423 g/mol. The van der Waals surface area contributed by atoms with Crippen LogP contribution in [0.2, 0.25) is 5.02 Å². The van der Waals surface area contributed by atoms with E-state index in [0.29, 0.717) is 39.9 Å². The first-order valence-corrected chi connectivity index (χ1v) is 9.59. The number of nitrogens with one attached hydrogen (secondary N) is 2. The maximum Gasteiger partial charge on any atom is 0.254 e. The van der Waals surface area contributed by atoms with Gasteiger partial charge in [0.15, 0.2) is 0 Å². The second-order valence-corrected chi connectivity index (χ2v) is 7.24. The molecule has 1 heterocycles. The lowest BCUT2D eigenvalue weighted by Gasteiger charge is -2.14. The molecule has 3 rings (SSSR count). The van der Waals surface area contributed by atoms with Crippen LogP contribution in [0.1, 0.15) is 26.3 Å². The highest BCUT2D eigenvalue weighted by atomic mass is 35.5. The zero-order valence-electron chi connectivity index (χ0n) is 16.6. The van der Waals surface area contributed by atoms with Gasteiger partial charge < -0.3 is 21.3 Å². The topological polar surface area (TPSA) is 100 Å². The Hall–Kier alpha value is -3.58. The molecular formula is C22H22ClN5O2. The third-order valence-corrected chi connectivity index (χ3v) is 4.69. The first kappa shape index (κ1) is 21.1. The first-order valence-electron chi connectivity index (χ1n) is 9.21. The van der Waals surface area contributed by atoms with Gasteiger partial charge in [0.1, 0.15) is 5.82 Å². The van der Waals surface area contributed by atoms with Crippen molar-refractivity contribution in [3.05, 3.63) is 82.5 Å². The number of halogens is 1. The molecule has 4 N–H and O–H groups in total. The molecular weight excluding hydrogens is 402 g/mol. The number of hydrogen-bond acceptors (Lipinski definition) is 5. The minimum absolute atomic E-state index is 0.178. The molecule has 0 aliphatic rings. The average Bonchev–Trinajstić information content (AvgIpc) is 2.72. The lowest BCUT2D eigenvalue weighted by molar-refractivity contribution is 0.0827. The summed E-state index contributed by atoms with van der Waals surface area (Å²) in [6, 6.07) is 16.5. The Morgan fingerprint density at radius 2 is 1.80 bits per heavy atom. The fourth-order valence-electron chi connectivity index (χ4n) is 2.81. The van der Waals surface area contributed by atoms with Crippen molar-refractivity contribution in [1.29, 1.82) is 0 Å². The van der Waals surface area contributed by atoms with E-state index in [-0.39, 0.29) is 5.91 Å². The second-order valence-electron chi connectivity index (χ2n) is 6.84. The molecule has 0 bridgehead atoms. The van der Waals surface area contributed by atoms with E-state index < -0.39 is 5.91 Å². The van der Waals surface area contributed by atoms with Gasteiger partial charge in [-0.1, -0.05) is 41.9 Å². The van der Waals surface area contributed by atoms with Crippen molar-refractivity contribution in [1.82, 2.24) is 9.88 Å². The molecule has 154 valence electrons. The summed E-state index contributed by atoms with van der Waals surface area (Å²) in [4.78, 5) is 29.6. The zero-order valence-corrected chi connectivity index (χ0v) is 17.4. The summed E-state index contributed by atoms with van der Waals surface area (Å²) in [6.45, 7) is 0.526. The summed E-state index contributed by atoms with van der Waals surface area (Å²) in [5.41, 5.74) is 8.47. The molecule has 0 saturated heterocycles.